The molecule has 29 heavy (non-hydrogen) atoms. The maximum atomic E-state index is 11.4. The van der Waals surface area contributed by atoms with E-state index < -0.39 is 14.2 Å². The highest BCUT2D eigenvalue weighted by atomic mass is 32.1. The number of nitrogens with zero attached hydrogens (tertiary/aromatic N) is 1. The number of hydrogen-bond acceptors (Lipinski definition) is 9. The summed E-state index contributed by atoms with van der Waals surface area (Å²) in [5.74, 6) is 0.833. The number of hydrogen-bond donors (Lipinski definition) is 4. The van der Waals surface area contributed by atoms with Crippen LogP contribution in [0.25, 0.3) is 0 Å². The number of H-pyrrole nitrogens is 1. The summed E-state index contributed by atoms with van der Waals surface area (Å²) in [5.41, 5.74) is -0.527. The quantitative estimate of drug-likeness (QED) is 0.288. The Labute approximate surface area is 177 Å². The molecule has 4 N–H and O–H groups in total. The molecular formula is C17H33N2O8PS. The predicted molar refractivity (Wildman–Crippen MR) is 113 cm³/mol. The monoisotopic (exact) mass is 456 g/mol. The van der Waals surface area contributed by atoms with E-state index in [4.69, 9.17) is 31.7 Å². The number of nitrogens with one attached hydrogen (secondary N) is 1. The number of carbonyl (C=O) groups excluding carboxylic acids is 1. The lowest BCUT2D eigenvalue weighted by molar-refractivity contribution is -0.0212. The van der Waals surface area contributed by atoms with E-state index in [1.165, 1.54) is 13.3 Å². The molecule has 1 aliphatic rings. The lowest BCUT2D eigenvalue weighted by atomic mass is 10.2. The zero-order chi connectivity index (χ0) is 23.0. The van der Waals surface area contributed by atoms with Crippen LogP contribution in [0.2, 0.25) is 0 Å². The fraction of sp³-hybridized carbons (Fsp3) is 0.706. The molecule has 1 aromatic rings. The third-order valence-corrected chi connectivity index (χ3v) is 4.04. The van der Waals surface area contributed by atoms with Crippen LogP contribution in [0, 0.1) is 10.7 Å². The first kappa shape index (κ1) is 30.2. The van der Waals surface area contributed by atoms with Crippen molar-refractivity contribution in [2.24, 2.45) is 5.92 Å². The third kappa shape index (κ3) is 12.3. The van der Waals surface area contributed by atoms with E-state index in [0.29, 0.717) is 19.1 Å². The number of aromatic amines is 1. The summed E-state index contributed by atoms with van der Waals surface area (Å²) in [6.07, 6.45) is 2.62. The Hall–Kier alpha value is -1.04. The number of aldehydes is 1. The van der Waals surface area contributed by atoms with Crippen LogP contribution in [-0.4, -0.2) is 65.0 Å². The van der Waals surface area contributed by atoms with Crippen molar-refractivity contribution in [1.82, 2.24) is 9.55 Å². The maximum absolute atomic E-state index is 11.4. The van der Waals surface area contributed by atoms with Crippen LogP contribution < -0.4 is 5.56 Å². The van der Waals surface area contributed by atoms with E-state index >= 15 is 0 Å². The average molecular weight is 456 g/mol. The van der Waals surface area contributed by atoms with Crippen molar-refractivity contribution in [3.8, 4) is 0 Å². The molecule has 3 atom stereocenters. The molecular weight excluding hydrogens is 423 g/mol. The number of aliphatic hydroxyl groups is 2. The summed E-state index contributed by atoms with van der Waals surface area (Å²) < 4.78 is 17.2. The highest BCUT2D eigenvalue weighted by molar-refractivity contribution is 7.71. The van der Waals surface area contributed by atoms with Gasteiger partial charge in [-0.1, -0.05) is 20.8 Å². The third-order valence-electron chi connectivity index (χ3n) is 3.04. The number of aromatic nitrogens is 2. The van der Waals surface area contributed by atoms with Gasteiger partial charge in [0.1, 0.15) is 6.23 Å². The van der Waals surface area contributed by atoms with Crippen LogP contribution >= 0.6 is 20.8 Å². The molecule has 0 radical (unpaired) electrons. The van der Waals surface area contributed by atoms with Crippen molar-refractivity contribution in [3.05, 3.63) is 26.9 Å². The second-order valence-electron chi connectivity index (χ2n) is 6.11. The van der Waals surface area contributed by atoms with E-state index in [9.17, 15) is 14.5 Å². The first-order valence-corrected chi connectivity index (χ1v) is 10.3. The Kier molecular flexibility index (Phi) is 18.5. The molecule has 0 saturated carbocycles. The Balaban J connectivity index is 0. The molecule has 1 aliphatic heterocycles. The second kappa shape index (κ2) is 17.8. The maximum Gasteiger partial charge on any atom is 0.329 e. The lowest BCUT2D eigenvalue weighted by Crippen LogP contribution is -2.21. The molecule has 10 nitrogen and oxygen atoms in total. The minimum absolute atomic E-state index is 0.00911. The van der Waals surface area contributed by atoms with Crippen LogP contribution in [0.15, 0.2) is 11.0 Å². The van der Waals surface area contributed by atoms with E-state index in [2.05, 4.69) is 30.3 Å². The molecule has 0 aliphatic carbocycles. The Morgan fingerprint density at radius 1 is 1.34 bits per heavy atom. The molecule has 0 bridgehead atoms. The van der Waals surface area contributed by atoms with E-state index in [0.717, 1.165) is 20.1 Å². The molecule has 0 aromatic carbocycles. The Bertz CT molecular complexity index is 665. The minimum atomic E-state index is -1.88. The molecule has 3 unspecified atom stereocenters. The average Bonchev–Trinajstić information content (AvgIpc) is 3.17. The van der Waals surface area contributed by atoms with Gasteiger partial charge in [-0.15, -0.1) is 0 Å². The van der Waals surface area contributed by atoms with Gasteiger partial charge in [0.2, 0.25) is 0 Å². The Morgan fingerprint density at radius 3 is 2.38 bits per heavy atom. The molecule has 0 spiro atoms. The summed E-state index contributed by atoms with van der Waals surface area (Å²) in [6.45, 7) is 6.70. The normalized spacial score (nSPS) is 18.4. The van der Waals surface area contributed by atoms with Crippen LogP contribution in [0.4, 0.5) is 0 Å². The fourth-order valence-corrected chi connectivity index (χ4v) is 2.67. The van der Waals surface area contributed by atoms with E-state index in [-0.39, 0.29) is 29.3 Å². The van der Waals surface area contributed by atoms with Gasteiger partial charge >= 0.3 is 8.60 Å². The summed E-state index contributed by atoms with van der Waals surface area (Å²) >= 11 is 5.07. The van der Waals surface area contributed by atoms with Gasteiger partial charge < -0.3 is 28.9 Å². The van der Waals surface area contributed by atoms with Crippen molar-refractivity contribution < 1.29 is 33.7 Å². The highest BCUT2D eigenvalue weighted by Crippen LogP contribution is 2.34. The topological polar surface area (TPSA) is 143 Å². The molecule has 2 rings (SSSR count). The van der Waals surface area contributed by atoms with Gasteiger partial charge in [0.05, 0.1) is 18.3 Å². The predicted octanol–water partition coefficient (Wildman–Crippen LogP) is 2.16. The van der Waals surface area contributed by atoms with Gasteiger partial charge in [0.15, 0.2) is 11.1 Å². The number of aliphatic hydroxyl groups excluding tert-OH is 2. The molecule has 170 valence electrons. The highest BCUT2D eigenvalue weighted by Gasteiger charge is 2.28. The summed E-state index contributed by atoms with van der Waals surface area (Å²) in [5, 5.41) is 14.0. The number of ether oxygens (including phenoxy) is 1. The van der Waals surface area contributed by atoms with Crippen LogP contribution in [-0.2, 0) is 13.8 Å². The largest absolute Gasteiger partial charge is 0.400 e. The van der Waals surface area contributed by atoms with Gasteiger partial charge in [-0.2, -0.15) is 0 Å². The lowest BCUT2D eigenvalue weighted by Gasteiger charge is -2.17. The molecule has 12 heteroatoms. The van der Waals surface area contributed by atoms with Gasteiger partial charge in [0.25, 0.3) is 5.56 Å². The zero-order valence-electron chi connectivity index (χ0n) is 17.7. The van der Waals surface area contributed by atoms with Crippen molar-refractivity contribution >= 4 is 27.1 Å². The molecule has 1 saturated heterocycles. The van der Waals surface area contributed by atoms with Crippen molar-refractivity contribution in [2.75, 3.05) is 27.9 Å². The first-order chi connectivity index (χ1) is 13.8. The molecule has 0 amide bonds. The van der Waals surface area contributed by atoms with Gasteiger partial charge in [0, 0.05) is 27.5 Å². The standard InChI is InChI=1S/C11H15N2O6PS.C4H10.2CH4O/c1-17-20(16)18-6-8-2-3-9(19-8)13-4-7(5-14)10(15)12-11(13)21;1-4(2)3;2*1-2/h4-5,8-9,16H,2-3,6H2,1H3,(H,12,15,21);4H,1-3H3;2*2H,1H3. The smallest absolute Gasteiger partial charge is 0.329 e. The van der Waals surface area contributed by atoms with E-state index in [1.807, 2.05) is 0 Å². The second-order valence-corrected chi connectivity index (χ2v) is 7.59. The van der Waals surface area contributed by atoms with Gasteiger partial charge in [-0.25, -0.2) is 0 Å². The van der Waals surface area contributed by atoms with E-state index in [1.54, 1.807) is 4.57 Å². The SMILES string of the molecule is CC(C)C.CO.CO.COP(O)OCC1CCC(n2cc(C=O)c(=O)[nH]c2=S)O1. The summed E-state index contributed by atoms with van der Waals surface area (Å²) in [7, 11) is 1.47. The van der Waals surface area contributed by atoms with Crippen LogP contribution in [0.5, 0.6) is 0 Å². The number of rotatable bonds is 6. The van der Waals surface area contributed by atoms with Gasteiger partial charge in [-0.3, -0.25) is 19.1 Å². The first-order valence-electron chi connectivity index (χ1n) is 8.80. The van der Waals surface area contributed by atoms with Gasteiger partial charge in [-0.05, 0) is 31.0 Å². The zero-order valence-corrected chi connectivity index (χ0v) is 19.4. The molecule has 2 heterocycles. The molecule has 1 fully saturated rings. The Morgan fingerprint density at radius 2 is 1.90 bits per heavy atom. The summed E-state index contributed by atoms with van der Waals surface area (Å²) in [6, 6.07) is 0. The van der Waals surface area contributed by atoms with Crippen molar-refractivity contribution in [3.63, 3.8) is 0 Å². The fourth-order valence-electron chi connectivity index (χ4n) is 2.01. The van der Waals surface area contributed by atoms with Crippen molar-refractivity contribution in [1.29, 1.82) is 0 Å². The minimum Gasteiger partial charge on any atom is -0.400 e. The van der Waals surface area contributed by atoms with Crippen LogP contribution in [0.1, 0.15) is 50.2 Å². The van der Waals surface area contributed by atoms with Crippen LogP contribution in [0.3, 0.4) is 0 Å². The summed E-state index contributed by atoms with van der Waals surface area (Å²) in [4.78, 5) is 33.9. The number of carbonyl (C=O) groups is 1. The molecule has 1 aromatic heterocycles. The van der Waals surface area contributed by atoms with Crippen molar-refractivity contribution in [2.45, 2.75) is 45.9 Å².